The van der Waals surface area contributed by atoms with Crippen molar-refractivity contribution in [3.8, 4) is 22.9 Å². The van der Waals surface area contributed by atoms with E-state index in [0.717, 1.165) is 53.3 Å². The maximum Gasteiger partial charge on any atom is 0.226 e. The molecule has 0 bridgehead atoms. The van der Waals surface area contributed by atoms with E-state index in [4.69, 9.17) is 9.15 Å². The summed E-state index contributed by atoms with van der Waals surface area (Å²) in [4.78, 5) is 7.09. The van der Waals surface area contributed by atoms with Gasteiger partial charge in [-0.2, -0.15) is 0 Å². The van der Waals surface area contributed by atoms with Gasteiger partial charge in [0.15, 0.2) is 11.0 Å². The number of methoxy groups -OCH3 is 1. The molecule has 2 aromatic carbocycles. The minimum Gasteiger partial charge on any atom is -0.497 e. The first-order chi connectivity index (χ1) is 15.8. The van der Waals surface area contributed by atoms with Gasteiger partial charge in [0.25, 0.3) is 0 Å². The molecule has 0 unspecified atom stereocenters. The molecule has 4 aromatic rings. The normalized spacial score (nSPS) is 14.2. The zero-order chi connectivity index (χ0) is 21.8. The van der Waals surface area contributed by atoms with Crippen molar-refractivity contribution in [1.82, 2.24) is 24.6 Å². The molecule has 2 aromatic heterocycles. The lowest BCUT2D eigenvalue weighted by molar-refractivity contribution is 0.319. The zero-order valence-corrected chi connectivity index (χ0v) is 18.8. The fourth-order valence-electron chi connectivity index (χ4n) is 3.85. The smallest absolute Gasteiger partial charge is 0.226 e. The van der Waals surface area contributed by atoms with Crippen molar-refractivity contribution >= 4 is 11.8 Å². The van der Waals surface area contributed by atoms with Crippen LogP contribution in [-0.4, -0.2) is 44.8 Å². The molecule has 0 N–H and O–H groups in total. The molecule has 1 fully saturated rings. The fourth-order valence-corrected chi connectivity index (χ4v) is 4.70. The van der Waals surface area contributed by atoms with Crippen LogP contribution in [0, 0.1) is 0 Å². The lowest BCUT2D eigenvalue weighted by Crippen LogP contribution is -2.21. The van der Waals surface area contributed by atoms with Crippen molar-refractivity contribution in [2.45, 2.75) is 30.3 Å². The molecule has 3 heterocycles. The summed E-state index contributed by atoms with van der Waals surface area (Å²) in [7, 11) is 1.65. The second kappa shape index (κ2) is 9.58. The highest BCUT2D eigenvalue weighted by molar-refractivity contribution is 7.98. The van der Waals surface area contributed by atoms with Crippen LogP contribution in [0.2, 0.25) is 0 Å². The van der Waals surface area contributed by atoms with Gasteiger partial charge in [-0.05, 0) is 62.3 Å². The highest BCUT2D eigenvalue weighted by Gasteiger charge is 2.20. The standard InChI is InChI=1S/C24H25N5O2S/c1-30-21-11-9-18(10-12-21)23-25-19(16-31-23)17-32-24-27-26-22(15-28-13-5-6-14-28)29(24)20-7-3-2-4-8-20/h2-4,7-12,16H,5-6,13-15,17H2,1H3. The van der Waals surface area contributed by atoms with E-state index in [9.17, 15) is 0 Å². The molecule has 0 aliphatic carbocycles. The summed E-state index contributed by atoms with van der Waals surface area (Å²) in [5.41, 5.74) is 2.86. The molecule has 0 atom stereocenters. The Morgan fingerprint density at radius 3 is 2.53 bits per heavy atom. The van der Waals surface area contributed by atoms with Crippen molar-refractivity contribution in [2.75, 3.05) is 20.2 Å². The zero-order valence-electron chi connectivity index (χ0n) is 18.0. The van der Waals surface area contributed by atoms with Gasteiger partial charge in [0.05, 0.1) is 19.3 Å². The van der Waals surface area contributed by atoms with E-state index in [1.165, 1.54) is 12.8 Å². The van der Waals surface area contributed by atoms with Crippen LogP contribution in [-0.2, 0) is 12.3 Å². The van der Waals surface area contributed by atoms with Gasteiger partial charge in [0.1, 0.15) is 12.0 Å². The van der Waals surface area contributed by atoms with E-state index in [1.807, 2.05) is 42.5 Å². The van der Waals surface area contributed by atoms with Gasteiger partial charge in [-0.3, -0.25) is 9.47 Å². The van der Waals surface area contributed by atoms with Crippen LogP contribution in [0.4, 0.5) is 0 Å². The number of hydrogen-bond donors (Lipinski definition) is 0. The molecule has 1 aliphatic rings. The van der Waals surface area contributed by atoms with Gasteiger partial charge in [-0.25, -0.2) is 4.98 Å². The number of aromatic nitrogens is 4. The Morgan fingerprint density at radius 2 is 1.78 bits per heavy atom. The van der Waals surface area contributed by atoms with Crippen molar-refractivity contribution in [3.05, 3.63) is 72.4 Å². The van der Waals surface area contributed by atoms with Crippen LogP contribution >= 0.6 is 11.8 Å². The molecular weight excluding hydrogens is 422 g/mol. The number of thioether (sulfide) groups is 1. The molecule has 7 nitrogen and oxygen atoms in total. The van der Waals surface area contributed by atoms with Crippen LogP contribution in [0.25, 0.3) is 17.1 Å². The topological polar surface area (TPSA) is 69.2 Å². The summed E-state index contributed by atoms with van der Waals surface area (Å²) in [5, 5.41) is 9.90. The van der Waals surface area contributed by atoms with E-state index in [-0.39, 0.29) is 0 Å². The summed E-state index contributed by atoms with van der Waals surface area (Å²) in [6.45, 7) is 3.06. The van der Waals surface area contributed by atoms with Crippen LogP contribution < -0.4 is 4.74 Å². The second-order valence-electron chi connectivity index (χ2n) is 7.71. The number of para-hydroxylation sites is 1. The Labute approximate surface area is 191 Å². The molecule has 32 heavy (non-hydrogen) atoms. The molecule has 5 rings (SSSR count). The van der Waals surface area contributed by atoms with Gasteiger partial charge < -0.3 is 9.15 Å². The van der Waals surface area contributed by atoms with Gasteiger partial charge >= 0.3 is 0 Å². The Morgan fingerprint density at radius 1 is 1.00 bits per heavy atom. The molecule has 1 aliphatic heterocycles. The molecule has 164 valence electrons. The minimum absolute atomic E-state index is 0.600. The average molecular weight is 448 g/mol. The van der Waals surface area contributed by atoms with E-state index >= 15 is 0 Å². The van der Waals surface area contributed by atoms with Crippen molar-refractivity contribution in [2.24, 2.45) is 0 Å². The Kier molecular flexibility index (Phi) is 6.22. The number of rotatable bonds is 8. The minimum atomic E-state index is 0.600. The number of benzene rings is 2. The van der Waals surface area contributed by atoms with E-state index in [1.54, 1.807) is 25.1 Å². The number of hydrogen-bond acceptors (Lipinski definition) is 7. The Bertz CT molecular complexity index is 1150. The molecule has 8 heteroatoms. The van der Waals surface area contributed by atoms with E-state index in [0.29, 0.717) is 11.6 Å². The van der Waals surface area contributed by atoms with E-state index < -0.39 is 0 Å². The SMILES string of the molecule is COc1ccc(-c2nc(CSc3nnc(CN4CCCC4)n3-c3ccccc3)co2)cc1. The lowest BCUT2D eigenvalue weighted by Gasteiger charge is -2.15. The lowest BCUT2D eigenvalue weighted by atomic mass is 10.2. The number of nitrogens with zero attached hydrogens (tertiary/aromatic N) is 5. The first-order valence-corrected chi connectivity index (χ1v) is 11.7. The molecule has 0 saturated carbocycles. The number of likely N-dealkylation sites (tertiary alicyclic amines) is 1. The van der Waals surface area contributed by atoms with Crippen molar-refractivity contribution in [1.29, 1.82) is 0 Å². The van der Waals surface area contributed by atoms with Gasteiger partial charge in [-0.1, -0.05) is 30.0 Å². The predicted molar refractivity (Wildman–Crippen MR) is 124 cm³/mol. The Hall–Kier alpha value is -3.10. The summed E-state index contributed by atoms with van der Waals surface area (Å²) < 4.78 is 13.1. The average Bonchev–Trinajstić information content (AvgIpc) is 3.60. The van der Waals surface area contributed by atoms with E-state index in [2.05, 4.69) is 36.8 Å². The monoisotopic (exact) mass is 447 g/mol. The summed E-state index contributed by atoms with van der Waals surface area (Å²) in [6.07, 6.45) is 4.22. The first kappa shape index (κ1) is 20.8. The van der Waals surface area contributed by atoms with Gasteiger partial charge in [0, 0.05) is 17.0 Å². The van der Waals surface area contributed by atoms with Crippen LogP contribution in [0.1, 0.15) is 24.4 Å². The third-order valence-corrected chi connectivity index (χ3v) is 6.48. The third-order valence-electron chi connectivity index (χ3n) is 5.52. The fraction of sp³-hybridized carbons (Fsp3) is 0.292. The summed E-state index contributed by atoms with van der Waals surface area (Å²) in [5.74, 6) is 3.03. The maximum absolute atomic E-state index is 5.71. The maximum atomic E-state index is 5.71. The largest absolute Gasteiger partial charge is 0.497 e. The summed E-state index contributed by atoms with van der Waals surface area (Å²) >= 11 is 1.62. The molecule has 1 saturated heterocycles. The van der Waals surface area contributed by atoms with Gasteiger partial charge in [-0.15, -0.1) is 10.2 Å². The highest BCUT2D eigenvalue weighted by atomic mass is 32.2. The van der Waals surface area contributed by atoms with Crippen LogP contribution in [0.3, 0.4) is 0 Å². The first-order valence-electron chi connectivity index (χ1n) is 10.7. The summed E-state index contributed by atoms with van der Waals surface area (Å²) in [6, 6.07) is 18.0. The Balaban J connectivity index is 1.34. The number of oxazole rings is 1. The van der Waals surface area contributed by atoms with Crippen molar-refractivity contribution < 1.29 is 9.15 Å². The molecule has 0 amide bonds. The third kappa shape index (κ3) is 4.56. The second-order valence-corrected chi connectivity index (χ2v) is 8.66. The van der Waals surface area contributed by atoms with Crippen LogP contribution in [0.15, 0.2) is 70.4 Å². The van der Waals surface area contributed by atoms with Crippen molar-refractivity contribution in [3.63, 3.8) is 0 Å². The quantitative estimate of drug-likeness (QED) is 0.359. The molecule has 0 radical (unpaired) electrons. The highest BCUT2D eigenvalue weighted by Crippen LogP contribution is 2.28. The molecule has 0 spiro atoms. The van der Waals surface area contributed by atoms with Gasteiger partial charge in [0.2, 0.25) is 5.89 Å². The molecular formula is C24H25N5O2S. The predicted octanol–water partition coefficient (Wildman–Crippen LogP) is 4.82. The van der Waals surface area contributed by atoms with Crippen LogP contribution in [0.5, 0.6) is 5.75 Å². The number of ether oxygens (including phenoxy) is 1.